The lowest BCUT2D eigenvalue weighted by molar-refractivity contribution is 0.143. The number of benzene rings is 3. The zero-order valence-electron chi connectivity index (χ0n) is 18.0. The fourth-order valence-corrected chi connectivity index (χ4v) is 4.05. The van der Waals surface area contributed by atoms with Gasteiger partial charge in [0.05, 0.1) is 6.61 Å². The van der Waals surface area contributed by atoms with Crippen LogP contribution in [0, 0.1) is 5.82 Å². The molecule has 0 spiro atoms. The molecule has 5 heteroatoms. The van der Waals surface area contributed by atoms with E-state index in [0.29, 0.717) is 30.9 Å². The Balaban J connectivity index is 1.28. The second-order valence-electron chi connectivity index (χ2n) is 7.56. The van der Waals surface area contributed by atoms with Crippen molar-refractivity contribution in [3.8, 4) is 16.9 Å². The number of halogens is 1. The van der Waals surface area contributed by atoms with Crippen LogP contribution < -0.4 is 10.1 Å². The summed E-state index contributed by atoms with van der Waals surface area (Å²) in [6, 6.07) is 20.9. The minimum atomic E-state index is -0.443. The Labute approximate surface area is 187 Å². The monoisotopic (exact) mass is 431 g/mol. The second-order valence-corrected chi connectivity index (χ2v) is 7.56. The minimum absolute atomic E-state index is 0.0398. The highest BCUT2D eigenvalue weighted by Crippen LogP contribution is 2.44. The Kier molecular flexibility index (Phi) is 6.85. The van der Waals surface area contributed by atoms with Gasteiger partial charge in [-0.3, -0.25) is 0 Å². The van der Waals surface area contributed by atoms with E-state index in [0.717, 1.165) is 0 Å². The lowest BCUT2D eigenvalue weighted by Crippen LogP contribution is -2.26. The highest BCUT2D eigenvalue weighted by Gasteiger charge is 2.28. The second kappa shape index (κ2) is 10.1. The normalized spacial score (nSPS) is 12.4. The smallest absolute Gasteiger partial charge is 0.407 e. The third kappa shape index (κ3) is 4.83. The molecule has 3 aromatic carbocycles. The molecule has 0 saturated carbocycles. The Morgan fingerprint density at radius 1 is 1.03 bits per heavy atom. The van der Waals surface area contributed by atoms with E-state index >= 15 is 0 Å². The number of hydrogen-bond donors (Lipinski definition) is 1. The first-order chi connectivity index (χ1) is 15.7. The van der Waals surface area contributed by atoms with Gasteiger partial charge in [0, 0.05) is 18.0 Å². The number of nitrogens with one attached hydrogen (secondary N) is 1. The predicted molar refractivity (Wildman–Crippen MR) is 124 cm³/mol. The Morgan fingerprint density at radius 2 is 1.72 bits per heavy atom. The Morgan fingerprint density at radius 3 is 2.41 bits per heavy atom. The molecule has 32 heavy (non-hydrogen) atoms. The van der Waals surface area contributed by atoms with Gasteiger partial charge in [-0.2, -0.15) is 0 Å². The van der Waals surface area contributed by atoms with Crippen molar-refractivity contribution >= 4 is 12.2 Å². The highest BCUT2D eigenvalue weighted by molar-refractivity contribution is 5.79. The number of rotatable bonds is 8. The maximum absolute atomic E-state index is 13.5. The molecule has 0 heterocycles. The van der Waals surface area contributed by atoms with Gasteiger partial charge in [0.1, 0.15) is 18.2 Å². The van der Waals surface area contributed by atoms with Crippen molar-refractivity contribution in [2.45, 2.75) is 19.3 Å². The van der Waals surface area contributed by atoms with E-state index in [1.165, 1.54) is 34.4 Å². The largest absolute Gasteiger partial charge is 0.493 e. The number of ether oxygens (including phenoxy) is 2. The molecular weight excluding hydrogens is 405 g/mol. The molecule has 0 atom stereocenters. The number of alkyl carbamates (subject to hydrolysis) is 1. The van der Waals surface area contributed by atoms with Gasteiger partial charge in [0.25, 0.3) is 0 Å². The summed E-state index contributed by atoms with van der Waals surface area (Å²) >= 11 is 0. The van der Waals surface area contributed by atoms with E-state index in [-0.39, 0.29) is 18.3 Å². The molecule has 1 N–H and O–H groups in total. The van der Waals surface area contributed by atoms with E-state index in [9.17, 15) is 9.18 Å². The van der Waals surface area contributed by atoms with E-state index in [4.69, 9.17) is 9.47 Å². The molecule has 3 aromatic rings. The van der Waals surface area contributed by atoms with Crippen LogP contribution in [0.1, 0.15) is 36.0 Å². The van der Waals surface area contributed by atoms with Gasteiger partial charge >= 0.3 is 6.09 Å². The van der Waals surface area contributed by atoms with Crippen molar-refractivity contribution in [3.63, 3.8) is 0 Å². The highest BCUT2D eigenvalue weighted by atomic mass is 19.1. The predicted octanol–water partition coefficient (Wildman–Crippen LogP) is 6.17. The molecule has 0 bridgehead atoms. The van der Waals surface area contributed by atoms with Crippen LogP contribution in [-0.2, 0) is 4.74 Å². The molecule has 0 aromatic heterocycles. The number of fused-ring (bicyclic) bond motifs is 3. The van der Waals surface area contributed by atoms with Gasteiger partial charge in [-0.1, -0.05) is 60.7 Å². The van der Waals surface area contributed by atoms with E-state index in [1.807, 2.05) is 37.3 Å². The fraction of sp³-hybridized carbons (Fsp3) is 0.222. The molecule has 164 valence electrons. The lowest BCUT2D eigenvalue weighted by atomic mass is 9.98. The van der Waals surface area contributed by atoms with Gasteiger partial charge < -0.3 is 14.8 Å². The maximum atomic E-state index is 13.5. The quantitative estimate of drug-likeness (QED) is 0.434. The third-order valence-electron chi connectivity index (χ3n) is 5.49. The maximum Gasteiger partial charge on any atom is 0.407 e. The number of amides is 1. The third-order valence-corrected chi connectivity index (χ3v) is 5.49. The minimum Gasteiger partial charge on any atom is -0.493 e. The lowest BCUT2D eigenvalue weighted by Gasteiger charge is -2.14. The van der Waals surface area contributed by atoms with Crippen molar-refractivity contribution in [2.75, 3.05) is 19.8 Å². The first-order valence-electron chi connectivity index (χ1n) is 10.8. The van der Waals surface area contributed by atoms with Crippen LogP contribution in [0.3, 0.4) is 0 Å². The average molecular weight is 432 g/mol. The van der Waals surface area contributed by atoms with Crippen molar-refractivity contribution < 1.29 is 18.7 Å². The Bertz CT molecular complexity index is 1080. The Hall–Kier alpha value is -3.60. The molecule has 0 fully saturated rings. The SMILES string of the molecule is CCOc1ccc(F)cc1C=CCCNC(=O)OCC1c2ccccc2-c2ccccc21. The van der Waals surface area contributed by atoms with Gasteiger partial charge in [-0.15, -0.1) is 0 Å². The van der Waals surface area contributed by atoms with Crippen molar-refractivity contribution in [2.24, 2.45) is 0 Å². The summed E-state index contributed by atoms with van der Waals surface area (Å²) in [6.45, 7) is 3.11. The van der Waals surface area contributed by atoms with Crippen molar-refractivity contribution in [1.82, 2.24) is 5.32 Å². The van der Waals surface area contributed by atoms with Crippen LogP contribution in [0.5, 0.6) is 5.75 Å². The first-order valence-corrected chi connectivity index (χ1v) is 10.8. The standard InChI is InChI=1S/C27H26FNO3/c1-2-31-26-15-14-20(28)17-19(26)9-7-8-16-29-27(30)32-18-25-23-12-5-3-10-21(23)22-11-4-6-13-24(22)25/h3-7,9-15,17,25H,2,8,16,18H2,1H3,(H,29,30). The zero-order valence-corrected chi connectivity index (χ0v) is 18.0. The van der Waals surface area contributed by atoms with Crippen LogP contribution in [0.15, 0.2) is 72.8 Å². The van der Waals surface area contributed by atoms with Gasteiger partial charge in [0.2, 0.25) is 0 Å². The van der Waals surface area contributed by atoms with Gasteiger partial charge in [0.15, 0.2) is 0 Å². The number of carbonyl (C=O) groups excluding carboxylic acids is 1. The summed E-state index contributed by atoms with van der Waals surface area (Å²) in [7, 11) is 0. The van der Waals surface area contributed by atoms with Crippen LogP contribution in [0.25, 0.3) is 17.2 Å². The van der Waals surface area contributed by atoms with Crippen molar-refractivity contribution in [3.05, 3.63) is 95.3 Å². The summed E-state index contributed by atoms with van der Waals surface area (Å²) in [4.78, 5) is 12.2. The summed E-state index contributed by atoms with van der Waals surface area (Å²) in [5.74, 6) is 0.359. The molecule has 0 saturated heterocycles. The van der Waals surface area contributed by atoms with E-state index in [1.54, 1.807) is 12.1 Å². The summed E-state index contributed by atoms with van der Waals surface area (Å²) < 4.78 is 24.5. The van der Waals surface area contributed by atoms with Crippen LogP contribution in [0.2, 0.25) is 0 Å². The molecule has 1 aliphatic rings. The van der Waals surface area contributed by atoms with E-state index in [2.05, 4.69) is 29.6 Å². The summed E-state index contributed by atoms with van der Waals surface area (Å²) in [5.41, 5.74) is 5.44. The fourth-order valence-electron chi connectivity index (χ4n) is 4.05. The first kappa shape index (κ1) is 21.6. The summed E-state index contributed by atoms with van der Waals surface area (Å²) in [5, 5.41) is 2.77. The topological polar surface area (TPSA) is 47.6 Å². The molecule has 4 rings (SSSR count). The van der Waals surface area contributed by atoms with Crippen LogP contribution in [-0.4, -0.2) is 25.9 Å². The van der Waals surface area contributed by atoms with Crippen LogP contribution in [0.4, 0.5) is 9.18 Å². The van der Waals surface area contributed by atoms with Crippen molar-refractivity contribution in [1.29, 1.82) is 0 Å². The number of hydrogen-bond acceptors (Lipinski definition) is 3. The molecule has 0 unspecified atom stereocenters. The molecule has 1 aliphatic carbocycles. The average Bonchev–Trinajstić information content (AvgIpc) is 3.13. The van der Waals surface area contributed by atoms with Gasteiger partial charge in [-0.05, 0) is 53.8 Å². The summed E-state index contributed by atoms with van der Waals surface area (Å²) in [6.07, 6.45) is 3.82. The molecule has 0 radical (unpaired) electrons. The molecular formula is C27H26FNO3. The number of carbonyl (C=O) groups is 1. The molecule has 4 nitrogen and oxygen atoms in total. The van der Waals surface area contributed by atoms with E-state index < -0.39 is 6.09 Å². The zero-order chi connectivity index (χ0) is 22.3. The van der Waals surface area contributed by atoms with Crippen LogP contribution >= 0.6 is 0 Å². The molecule has 1 amide bonds. The molecule has 0 aliphatic heterocycles. The van der Waals surface area contributed by atoms with Gasteiger partial charge in [-0.25, -0.2) is 9.18 Å².